The zero-order chi connectivity index (χ0) is 6.81. The van der Waals surface area contributed by atoms with Crippen LogP contribution in [-0.2, 0) is 0 Å². The van der Waals surface area contributed by atoms with Gasteiger partial charge in [-0.2, -0.15) is 4.98 Å². The molecule has 0 radical (unpaired) electrons. The monoisotopic (exact) mass is 137 g/mol. The van der Waals surface area contributed by atoms with Crippen molar-refractivity contribution < 1.29 is 9.05 Å². The van der Waals surface area contributed by atoms with Crippen LogP contribution in [0, 0.1) is 0 Å². The maximum Gasteiger partial charge on any atom is 0.279 e. The SMILES string of the molecule is c1noc(-c2ccon2)n1. The van der Waals surface area contributed by atoms with E-state index in [-0.39, 0.29) is 0 Å². The van der Waals surface area contributed by atoms with Gasteiger partial charge in [0.25, 0.3) is 5.89 Å². The number of nitrogens with zero attached hydrogens (tertiary/aromatic N) is 3. The van der Waals surface area contributed by atoms with Crippen molar-refractivity contribution >= 4 is 0 Å². The first-order valence-corrected chi connectivity index (χ1v) is 2.64. The molecular formula is C5H3N3O2. The first-order valence-electron chi connectivity index (χ1n) is 2.64. The molecule has 0 fully saturated rings. The molecule has 0 unspecified atom stereocenters. The van der Waals surface area contributed by atoms with Crippen molar-refractivity contribution in [1.82, 2.24) is 15.3 Å². The van der Waals surface area contributed by atoms with Crippen LogP contribution < -0.4 is 0 Å². The van der Waals surface area contributed by atoms with Crippen LogP contribution in [0.25, 0.3) is 11.6 Å². The predicted molar refractivity (Wildman–Crippen MR) is 29.8 cm³/mol. The van der Waals surface area contributed by atoms with Gasteiger partial charge in [-0.1, -0.05) is 10.3 Å². The first-order chi connectivity index (χ1) is 4.97. The van der Waals surface area contributed by atoms with Gasteiger partial charge < -0.3 is 9.05 Å². The largest absolute Gasteiger partial charge is 0.364 e. The average Bonchev–Trinajstić information content (AvgIpc) is 2.59. The quantitative estimate of drug-likeness (QED) is 0.579. The Labute approximate surface area is 55.6 Å². The van der Waals surface area contributed by atoms with Crippen molar-refractivity contribution in [3.63, 3.8) is 0 Å². The number of aromatic nitrogens is 3. The molecule has 0 atom stereocenters. The van der Waals surface area contributed by atoms with Gasteiger partial charge in [-0.25, -0.2) is 0 Å². The molecule has 2 aromatic heterocycles. The van der Waals surface area contributed by atoms with Crippen LogP contribution in [0.3, 0.4) is 0 Å². The minimum Gasteiger partial charge on any atom is -0.364 e. The third kappa shape index (κ3) is 0.680. The van der Waals surface area contributed by atoms with E-state index in [1.165, 1.54) is 12.6 Å². The second-order valence-electron chi connectivity index (χ2n) is 1.63. The summed E-state index contributed by atoms with van der Waals surface area (Å²) >= 11 is 0. The summed E-state index contributed by atoms with van der Waals surface area (Å²) in [7, 11) is 0. The lowest BCUT2D eigenvalue weighted by Gasteiger charge is -1.77. The number of rotatable bonds is 1. The molecule has 0 aliphatic heterocycles. The van der Waals surface area contributed by atoms with Gasteiger partial charge in [0.2, 0.25) is 0 Å². The normalized spacial score (nSPS) is 10.0. The molecule has 0 saturated carbocycles. The molecule has 0 aliphatic carbocycles. The van der Waals surface area contributed by atoms with Crippen molar-refractivity contribution in [2.45, 2.75) is 0 Å². The summed E-state index contributed by atoms with van der Waals surface area (Å²) in [4.78, 5) is 3.76. The van der Waals surface area contributed by atoms with E-state index in [1.54, 1.807) is 6.07 Å². The summed E-state index contributed by atoms with van der Waals surface area (Å²) in [5, 5.41) is 7.00. The van der Waals surface area contributed by atoms with E-state index < -0.39 is 0 Å². The fourth-order valence-corrected chi connectivity index (χ4v) is 0.609. The van der Waals surface area contributed by atoms with Crippen LogP contribution >= 0.6 is 0 Å². The Bertz CT molecular complexity index is 254. The highest BCUT2D eigenvalue weighted by atomic mass is 16.5. The van der Waals surface area contributed by atoms with Crippen molar-refractivity contribution in [1.29, 1.82) is 0 Å². The van der Waals surface area contributed by atoms with Gasteiger partial charge in [0.05, 0.1) is 0 Å². The van der Waals surface area contributed by atoms with Crippen molar-refractivity contribution in [2.75, 3.05) is 0 Å². The summed E-state index contributed by atoms with van der Waals surface area (Å²) in [6.45, 7) is 0. The molecular weight excluding hydrogens is 134 g/mol. The van der Waals surface area contributed by atoms with Crippen molar-refractivity contribution in [3.05, 3.63) is 18.7 Å². The molecule has 2 heterocycles. The lowest BCUT2D eigenvalue weighted by Crippen LogP contribution is -1.73. The Balaban J connectivity index is 2.48. The second-order valence-corrected chi connectivity index (χ2v) is 1.63. The number of hydrogen-bond acceptors (Lipinski definition) is 5. The van der Waals surface area contributed by atoms with Gasteiger partial charge in [0, 0.05) is 6.07 Å². The minimum atomic E-state index is 0.369. The zero-order valence-corrected chi connectivity index (χ0v) is 4.89. The zero-order valence-electron chi connectivity index (χ0n) is 4.89. The van der Waals surface area contributed by atoms with E-state index in [0.29, 0.717) is 11.6 Å². The summed E-state index contributed by atoms with van der Waals surface area (Å²) in [5.41, 5.74) is 0.553. The molecule has 0 N–H and O–H groups in total. The third-order valence-electron chi connectivity index (χ3n) is 1.02. The van der Waals surface area contributed by atoms with Crippen LogP contribution in [0.4, 0.5) is 0 Å². The summed E-state index contributed by atoms with van der Waals surface area (Å²) in [6.07, 6.45) is 2.75. The van der Waals surface area contributed by atoms with Crippen LogP contribution in [0.2, 0.25) is 0 Å². The molecule has 0 amide bonds. The molecule has 0 saturated heterocycles. The standard InChI is InChI=1S/C5H3N3O2/c1-2-9-8-4(1)5-6-3-7-10-5/h1-3H. The lowest BCUT2D eigenvalue weighted by molar-refractivity contribution is 0.404. The molecule has 0 bridgehead atoms. The van der Waals surface area contributed by atoms with E-state index in [1.807, 2.05) is 0 Å². The predicted octanol–water partition coefficient (Wildman–Crippen LogP) is 0.725. The fraction of sp³-hybridized carbons (Fsp3) is 0. The lowest BCUT2D eigenvalue weighted by atomic mass is 10.4. The number of hydrogen-bond donors (Lipinski definition) is 0. The van der Waals surface area contributed by atoms with E-state index in [0.717, 1.165) is 0 Å². The highest BCUT2D eigenvalue weighted by Crippen LogP contribution is 2.10. The molecule has 50 valence electrons. The fourth-order valence-electron chi connectivity index (χ4n) is 0.609. The Hall–Kier alpha value is -1.65. The highest BCUT2D eigenvalue weighted by Gasteiger charge is 2.04. The van der Waals surface area contributed by atoms with Gasteiger partial charge in [-0.15, -0.1) is 0 Å². The van der Waals surface area contributed by atoms with Gasteiger partial charge in [0.1, 0.15) is 6.26 Å². The van der Waals surface area contributed by atoms with Crippen LogP contribution in [0.1, 0.15) is 0 Å². The minimum absolute atomic E-state index is 0.369. The van der Waals surface area contributed by atoms with Gasteiger partial charge >= 0.3 is 0 Å². The van der Waals surface area contributed by atoms with E-state index >= 15 is 0 Å². The summed E-state index contributed by atoms with van der Waals surface area (Å²) < 4.78 is 9.25. The topological polar surface area (TPSA) is 65.0 Å². The Kier molecular flexibility index (Phi) is 1.00. The van der Waals surface area contributed by atoms with Crippen LogP contribution in [0.5, 0.6) is 0 Å². The molecule has 10 heavy (non-hydrogen) atoms. The van der Waals surface area contributed by atoms with E-state index in [4.69, 9.17) is 4.52 Å². The van der Waals surface area contributed by atoms with Crippen LogP contribution in [-0.4, -0.2) is 15.3 Å². The second kappa shape index (κ2) is 1.94. The van der Waals surface area contributed by atoms with E-state index in [9.17, 15) is 0 Å². The average molecular weight is 137 g/mol. The molecule has 0 spiro atoms. The van der Waals surface area contributed by atoms with Gasteiger partial charge in [-0.3, -0.25) is 0 Å². The Morgan fingerprint density at radius 1 is 1.40 bits per heavy atom. The maximum atomic E-state index is 4.69. The molecule has 0 aliphatic rings. The third-order valence-corrected chi connectivity index (χ3v) is 1.02. The summed E-state index contributed by atoms with van der Waals surface area (Å²) in [6, 6.07) is 1.65. The summed E-state index contributed by atoms with van der Waals surface area (Å²) in [5.74, 6) is 0.369. The first kappa shape index (κ1) is 5.16. The van der Waals surface area contributed by atoms with Gasteiger partial charge in [-0.05, 0) is 0 Å². The molecule has 5 heteroatoms. The van der Waals surface area contributed by atoms with Crippen molar-refractivity contribution in [3.8, 4) is 11.6 Å². The Morgan fingerprint density at radius 3 is 3.00 bits per heavy atom. The van der Waals surface area contributed by atoms with Crippen molar-refractivity contribution in [2.24, 2.45) is 0 Å². The smallest absolute Gasteiger partial charge is 0.279 e. The molecule has 5 nitrogen and oxygen atoms in total. The maximum absolute atomic E-state index is 4.69. The molecule has 0 aromatic carbocycles. The molecule has 2 aromatic rings. The van der Waals surface area contributed by atoms with E-state index in [2.05, 4.69) is 19.8 Å². The molecule has 2 rings (SSSR count). The van der Waals surface area contributed by atoms with Gasteiger partial charge in [0.15, 0.2) is 12.0 Å². The Morgan fingerprint density at radius 2 is 2.40 bits per heavy atom. The van der Waals surface area contributed by atoms with Crippen LogP contribution in [0.15, 0.2) is 27.7 Å². The highest BCUT2D eigenvalue weighted by molar-refractivity contribution is 5.43.